The number of alkyl halides is 1. The summed E-state index contributed by atoms with van der Waals surface area (Å²) in [5.41, 5.74) is 10.3. The molecule has 10 heteroatoms. The number of hydrogen-bond donors (Lipinski definition) is 1. The van der Waals surface area contributed by atoms with E-state index in [0.717, 1.165) is 79.8 Å². The number of rotatable bonds is 4. The zero-order valence-electron chi connectivity index (χ0n) is 22.8. The predicted molar refractivity (Wildman–Crippen MR) is 145 cm³/mol. The van der Waals surface area contributed by atoms with Crippen molar-refractivity contribution in [3.05, 3.63) is 40.1 Å². The second kappa shape index (κ2) is 8.75. The molecule has 2 spiro atoms. The smallest absolute Gasteiger partial charge is 0.318 e. The number of nitrogen functional groups attached to an aromatic ring is 1. The van der Waals surface area contributed by atoms with Gasteiger partial charge in [-0.2, -0.15) is 15.2 Å². The molecule has 0 bridgehead atoms. The summed E-state index contributed by atoms with van der Waals surface area (Å²) in [6.45, 7) is 4.44. The van der Waals surface area contributed by atoms with Crippen LogP contribution in [-0.4, -0.2) is 71.6 Å². The second-order valence-corrected chi connectivity index (χ2v) is 12.7. The Morgan fingerprint density at radius 3 is 2.85 bits per heavy atom. The van der Waals surface area contributed by atoms with Crippen molar-refractivity contribution in [1.29, 1.82) is 5.26 Å². The molecule has 0 saturated carbocycles. The zero-order valence-corrected chi connectivity index (χ0v) is 22.8. The van der Waals surface area contributed by atoms with Crippen molar-refractivity contribution in [2.45, 2.75) is 80.8 Å². The Kier molecular flexibility index (Phi) is 5.42. The van der Waals surface area contributed by atoms with Crippen LogP contribution < -0.4 is 15.4 Å². The van der Waals surface area contributed by atoms with E-state index in [-0.39, 0.29) is 11.1 Å². The molecule has 0 unspecified atom stereocenters. The van der Waals surface area contributed by atoms with Gasteiger partial charge in [-0.25, -0.2) is 4.39 Å². The van der Waals surface area contributed by atoms with E-state index < -0.39 is 11.8 Å². The van der Waals surface area contributed by atoms with E-state index in [2.05, 4.69) is 15.9 Å². The average molecular weight is 547 g/mol. The Morgan fingerprint density at radius 2 is 2.08 bits per heavy atom. The molecule has 1 aromatic carbocycles. The van der Waals surface area contributed by atoms with Crippen LogP contribution in [0, 0.1) is 11.3 Å². The van der Waals surface area contributed by atoms with Gasteiger partial charge < -0.3 is 24.8 Å². The lowest BCUT2D eigenvalue weighted by Gasteiger charge is -2.58. The summed E-state index contributed by atoms with van der Waals surface area (Å²) in [4.78, 5) is 14.6. The monoisotopic (exact) mass is 546 g/mol. The molecule has 6 aliphatic rings. The van der Waals surface area contributed by atoms with Crippen LogP contribution in [0.25, 0.3) is 0 Å². The number of benzene rings is 1. The van der Waals surface area contributed by atoms with Gasteiger partial charge in [0.1, 0.15) is 30.3 Å². The van der Waals surface area contributed by atoms with E-state index in [9.17, 15) is 9.65 Å². The summed E-state index contributed by atoms with van der Waals surface area (Å²) in [5, 5.41) is 10.1. The molecular formula is C30H35FN6O3. The fourth-order valence-electron chi connectivity index (χ4n) is 8.29. The first-order valence-corrected chi connectivity index (χ1v) is 14.7. The highest BCUT2D eigenvalue weighted by Gasteiger charge is 2.54. The maximum absolute atomic E-state index is 14.4. The number of nitriles is 1. The molecule has 2 N–H and O–H groups in total. The average Bonchev–Trinajstić information content (AvgIpc) is 3.42. The lowest BCUT2D eigenvalue weighted by molar-refractivity contribution is -0.0911. The van der Waals surface area contributed by atoms with Crippen LogP contribution in [0.5, 0.6) is 6.01 Å². The molecular weight excluding hydrogens is 511 g/mol. The number of aromatic nitrogens is 2. The quantitative estimate of drug-likeness (QED) is 0.578. The number of ether oxygens (including phenoxy) is 3. The number of hydrogen-bond acceptors (Lipinski definition) is 9. The third kappa shape index (κ3) is 3.47. The molecule has 9 nitrogen and oxygen atoms in total. The standard InChI is InChI=1S/C30H35FN6O3/c31-20-11-28(6-2-9-36(28)14-20)18-39-27-34-24-12-30(7-1-3-19-4-5-23(33)21(13-32)25(19)30)40-15-22(24)26(35-27)37-10-8-29(37)16-38-17-29/h4-5,20H,1-3,6-12,14-18,33H2/t20-,28+,30+/m1/s1. The van der Waals surface area contributed by atoms with Crippen molar-refractivity contribution in [2.24, 2.45) is 0 Å². The first-order valence-electron chi connectivity index (χ1n) is 14.7. The molecule has 210 valence electrons. The summed E-state index contributed by atoms with van der Waals surface area (Å²) in [6.07, 6.45) is 5.95. The van der Waals surface area contributed by atoms with E-state index in [1.165, 1.54) is 0 Å². The highest BCUT2D eigenvalue weighted by atomic mass is 19.1. The predicted octanol–water partition coefficient (Wildman–Crippen LogP) is 3.17. The highest BCUT2D eigenvalue weighted by Crippen LogP contribution is 2.50. The van der Waals surface area contributed by atoms with Crippen LogP contribution >= 0.6 is 0 Å². The van der Waals surface area contributed by atoms with Crippen molar-refractivity contribution in [1.82, 2.24) is 14.9 Å². The molecule has 3 atom stereocenters. The number of fused-ring (bicyclic) bond motifs is 4. The second-order valence-electron chi connectivity index (χ2n) is 12.7. The molecule has 40 heavy (non-hydrogen) atoms. The molecule has 2 aromatic rings. The van der Waals surface area contributed by atoms with Crippen LogP contribution in [0.2, 0.25) is 0 Å². The topological polar surface area (TPSA) is 110 Å². The largest absolute Gasteiger partial charge is 0.461 e. The number of nitrogens with zero attached hydrogens (tertiary/aromatic N) is 5. The third-order valence-corrected chi connectivity index (χ3v) is 10.5. The fraction of sp³-hybridized carbons (Fsp3) is 0.633. The minimum absolute atomic E-state index is 0.0117. The minimum atomic E-state index is -0.811. The molecule has 4 fully saturated rings. The third-order valence-electron chi connectivity index (χ3n) is 10.5. The fourth-order valence-corrected chi connectivity index (χ4v) is 8.29. The van der Waals surface area contributed by atoms with Crippen LogP contribution in [0.15, 0.2) is 12.1 Å². The highest BCUT2D eigenvalue weighted by molar-refractivity contribution is 5.64. The number of nitrogens with two attached hydrogens (primary N) is 1. The molecule has 0 radical (unpaired) electrons. The van der Waals surface area contributed by atoms with Crippen LogP contribution in [0.1, 0.15) is 66.5 Å². The molecule has 5 aliphatic heterocycles. The molecule has 4 saturated heterocycles. The number of halogens is 1. The lowest BCUT2D eigenvalue weighted by atomic mass is 9.72. The first-order chi connectivity index (χ1) is 19.4. The summed E-state index contributed by atoms with van der Waals surface area (Å²) in [6, 6.07) is 6.58. The van der Waals surface area contributed by atoms with E-state index in [1.54, 1.807) is 0 Å². The maximum atomic E-state index is 14.4. The van der Waals surface area contributed by atoms with E-state index in [0.29, 0.717) is 63.1 Å². The van der Waals surface area contributed by atoms with Gasteiger partial charge in [0.15, 0.2) is 0 Å². The van der Waals surface area contributed by atoms with E-state index in [4.69, 9.17) is 29.9 Å². The van der Waals surface area contributed by atoms with Gasteiger partial charge in [-0.15, -0.1) is 0 Å². The van der Waals surface area contributed by atoms with E-state index in [1.807, 2.05) is 12.1 Å². The number of anilines is 2. The Hall–Kier alpha value is -3.00. The zero-order chi connectivity index (χ0) is 27.1. The van der Waals surface area contributed by atoms with Crippen molar-refractivity contribution in [3.63, 3.8) is 0 Å². The van der Waals surface area contributed by atoms with Gasteiger partial charge in [0, 0.05) is 42.7 Å². The summed E-state index contributed by atoms with van der Waals surface area (Å²) < 4.78 is 33.2. The van der Waals surface area contributed by atoms with Gasteiger partial charge >= 0.3 is 6.01 Å². The SMILES string of the molecule is N#Cc1c(N)ccc2c1[C@]1(CCC2)Cc2nc(OC[C@@]34CCCN3C[C@H](F)C4)nc(N3CCC34COC4)c2CO1. The summed E-state index contributed by atoms with van der Waals surface area (Å²) in [5.74, 6) is 0.865. The van der Waals surface area contributed by atoms with Crippen molar-refractivity contribution < 1.29 is 18.6 Å². The first kappa shape index (κ1) is 24.8. The Balaban J connectivity index is 1.18. The van der Waals surface area contributed by atoms with Gasteiger partial charge in [0.25, 0.3) is 0 Å². The Labute approximate surface area is 233 Å². The summed E-state index contributed by atoms with van der Waals surface area (Å²) >= 11 is 0. The molecule has 6 heterocycles. The number of aryl methyl sites for hydroxylation is 1. The van der Waals surface area contributed by atoms with Crippen LogP contribution in [0.3, 0.4) is 0 Å². The van der Waals surface area contributed by atoms with Crippen molar-refractivity contribution in [3.8, 4) is 12.1 Å². The maximum Gasteiger partial charge on any atom is 0.318 e. The van der Waals surface area contributed by atoms with E-state index >= 15 is 0 Å². The Morgan fingerprint density at radius 1 is 1.18 bits per heavy atom. The van der Waals surface area contributed by atoms with Crippen molar-refractivity contribution in [2.75, 3.05) is 50.1 Å². The molecule has 0 amide bonds. The molecule has 8 rings (SSSR count). The molecule has 1 aliphatic carbocycles. The van der Waals surface area contributed by atoms with Gasteiger partial charge in [0.05, 0.1) is 42.2 Å². The van der Waals surface area contributed by atoms with Gasteiger partial charge in [-0.3, -0.25) is 4.90 Å². The van der Waals surface area contributed by atoms with Crippen molar-refractivity contribution >= 4 is 11.5 Å². The van der Waals surface area contributed by atoms with Crippen LogP contribution in [-0.2, 0) is 34.5 Å². The van der Waals surface area contributed by atoms with Gasteiger partial charge in [-0.05, 0) is 56.7 Å². The van der Waals surface area contributed by atoms with Gasteiger partial charge in [0.2, 0.25) is 0 Å². The minimum Gasteiger partial charge on any atom is -0.461 e. The lowest BCUT2D eigenvalue weighted by Crippen LogP contribution is -2.71. The molecule has 1 aromatic heterocycles. The summed E-state index contributed by atoms with van der Waals surface area (Å²) in [7, 11) is 0. The normalized spacial score (nSPS) is 31.7. The van der Waals surface area contributed by atoms with Gasteiger partial charge in [-0.1, -0.05) is 6.07 Å². The van der Waals surface area contributed by atoms with Crippen LogP contribution in [0.4, 0.5) is 15.9 Å². The Bertz CT molecular complexity index is 1420.